The Morgan fingerprint density at radius 2 is 0.873 bits per heavy atom. The lowest BCUT2D eigenvalue weighted by Gasteiger charge is -2.19. The lowest BCUT2D eigenvalue weighted by atomic mass is 9.86. The number of hydrogen-bond donors (Lipinski definition) is 0. The van der Waals surface area contributed by atoms with Gasteiger partial charge in [-0.25, -0.2) is 19.9 Å². The van der Waals surface area contributed by atoms with Gasteiger partial charge in [-0.1, -0.05) is 102 Å². The van der Waals surface area contributed by atoms with Crippen LogP contribution in [0.25, 0.3) is 88.2 Å². The Bertz CT molecular complexity index is 2940. The second kappa shape index (κ2) is 12.1. The lowest BCUT2D eigenvalue weighted by Crippen LogP contribution is -2.10. The number of aromatic nitrogens is 4. The summed E-state index contributed by atoms with van der Waals surface area (Å²) in [4.78, 5) is 19.3. The molecule has 6 aromatic carbocycles. The molecule has 6 heteroatoms. The minimum Gasteiger partial charge on any atom is -0.455 e. The highest BCUT2D eigenvalue weighted by Gasteiger charge is 2.22. The number of benzene rings is 6. The fourth-order valence-electron chi connectivity index (χ4n) is 8.04. The van der Waals surface area contributed by atoms with Crippen LogP contribution in [0.3, 0.4) is 0 Å². The maximum absolute atomic E-state index is 6.63. The van der Waals surface area contributed by atoms with Crippen LogP contribution in [-0.2, 0) is 17.3 Å². The van der Waals surface area contributed by atoms with E-state index in [9.17, 15) is 0 Å². The molecule has 0 N–H and O–H groups in total. The van der Waals surface area contributed by atoms with Crippen molar-refractivity contribution in [3.05, 3.63) is 144 Å². The fourth-order valence-corrected chi connectivity index (χ4v) is 8.04. The fraction of sp³-hybridized carbons (Fsp3) is 0.184. The van der Waals surface area contributed by atoms with Gasteiger partial charge in [-0.15, -0.1) is 0 Å². The van der Waals surface area contributed by atoms with E-state index in [1.54, 1.807) is 12.7 Å². The van der Waals surface area contributed by atoms with E-state index in [0.717, 1.165) is 99.3 Å². The zero-order valence-corrected chi connectivity index (χ0v) is 31.9. The minimum atomic E-state index is -0.00107. The highest BCUT2D eigenvalue weighted by molar-refractivity contribution is 6.13. The molecule has 0 spiro atoms. The van der Waals surface area contributed by atoms with Gasteiger partial charge in [-0.2, -0.15) is 0 Å². The lowest BCUT2D eigenvalue weighted by molar-refractivity contribution is 0.590. The summed E-state index contributed by atoms with van der Waals surface area (Å²) in [5.74, 6) is 0. The van der Waals surface area contributed by atoms with Gasteiger partial charge in [0.25, 0.3) is 0 Å². The Hall–Kier alpha value is -6.40. The van der Waals surface area contributed by atoms with Crippen molar-refractivity contribution in [3.63, 3.8) is 0 Å². The molecule has 0 atom stereocenters. The van der Waals surface area contributed by atoms with E-state index in [1.807, 2.05) is 24.3 Å². The number of fused-ring (bicyclic) bond motifs is 8. The van der Waals surface area contributed by atoms with Crippen LogP contribution in [0.2, 0.25) is 0 Å². The molecule has 0 saturated carbocycles. The van der Waals surface area contributed by atoms with E-state index in [1.165, 1.54) is 11.1 Å². The molecule has 10 rings (SSSR count). The van der Waals surface area contributed by atoms with Gasteiger partial charge in [0.05, 0.1) is 22.4 Å². The molecule has 0 amide bonds. The molecular formula is C49H40N4O2. The molecule has 0 saturated heterocycles. The van der Waals surface area contributed by atoms with Gasteiger partial charge >= 0.3 is 0 Å². The van der Waals surface area contributed by atoms with E-state index in [0.29, 0.717) is 6.42 Å². The molecule has 0 aliphatic rings. The van der Waals surface area contributed by atoms with Crippen LogP contribution in [0.15, 0.2) is 131 Å². The summed E-state index contributed by atoms with van der Waals surface area (Å²) in [6.45, 7) is 13.4. The third-order valence-corrected chi connectivity index (χ3v) is 11.0. The van der Waals surface area contributed by atoms with Gasteiger partial charge in [0.1, 0.15) is 35.0 Å². The van der Waals surface area contributed by atoms with Crippen LogP contribution >= 0.6 is 0 Å². The third kappa shape index (κ3) is 5.55. The van der Waals surface area contributed by atoms with Crippen molar-refractivity contribution in [2.24, 2.45) is 0 Å². The second-order valence-electron chi connectivity index (χ2n) is 16.8. The third-order valence-electron chi connectivity index (χ3n) is 11.0. The van der Waals surface area contributed by atoms with Gasteiger partial charge in [0, 0.05) is 43.4 Å². The van der Waals surface area contributed by atoms with Crippen molar-refractivity contribution in [2.45, 2.75) is 58.8 Å². The van der Waals surface area contributed by atoms with Crippen molar-refractivity contribution in [2.75, 3.05) is 0 Å². The van der Waals surface area contributed by atoms with Gasteiger partial charge in [-0.3, -0.25) is 0 Å². The zero-order chi connectivity index (χ0) is 37.6. The monoisotopic (exact) mass is 716 g/mol. The molecule has 0 bridgehead atoms. The quantitative estimate of drug-likeness (QED) is 0.180. The molecule has 0 radical (unpaired) electrons. The standard InChI is InChI=1S/C49H40N4O2/c1-48(2,3)30-15-17-34-40(24-30)50-26-52-44(34)38-22-28(20-36-32-11-7-9-13-42(32)54-46(36)38)19-29-21-37-33-12-8-10-14-43(33)55-47(37)39(23-29)45-35-18-16-31(49(4,5)6)25-41(35)51-27-53-45/h7-18,20-27H,19H2,1-6H3. The van der Waals surface area contributed by atoms with E-state index < -0.39 is 0 Å². The summed E-state index contributed by atoms with van der Waals surface area (Å²) in [5.41, 5.74) is 13.6. The molecule has 4 aromatic heterocycles. The van der Waals surface area contributed by atoms with Crippen LogP contribution in [-0.4, -0.2) is 19.9 Å². The van der Waals surface area contributed by atoms with Crippen LogP contribution < -0.4 is 0 Å². The molecule has 55 heavy (non-hydrogen) atoms. The van der Waals surface area contributed by atoms with Crippen LogP contribution in [0, 0.1) is 0 Å². The second-order valence-corrected chi connectivity index (χ2v) is 16.8. The summed E-state index contributed by atoms with van der Waals surface area (Å²) >= 11 is 0. The molecular weight excluding hydrogens is 677 g/mol. The Balaban J connectivity index is 1.19. The van der Waals surface area contributed by atoms with Crippen molar-refractivity contribution < 1.29 is 8.83 Å². The number of hydrogen-bond acceptors (Lipinski definition) is 6. The van der Waals surface area contributed by atoms with E-state index >= 15 is 0 Å². The first-order valence-electron chi connectivity index (χ1n) is 18.9. The van der Waals surface area contributed by atoms with Crippen LogP contribution in [0.1, 0.15) is 63.8 Å². The van der Waals surface area contributed by atoms with E-state index in [2.05, 4.69) is 126 Å². The molecule has 0 fully saturated rings. The molecule has 0 aliphatic heterocycles. The molecule has 268 valence electrons. The van der Waals surface area contributed by atoms with Gasteiger partial charge in [0.15, 0.2) is 0 Å². The van der Waals surface area contributed by atoms with E-state index in [-0.39, 0.29) is 10.8 Å². The predicted octanol–water partition coefficient (Wildman–Crippen LogP) is 12.9. The SMILES string of the molecule is CC(C)(C)c1ccc2c(-c3cc(Cc4cc(-c5ncnc6cc(C(C)(C)C)ccc56)c5oc6ccccc6c5c4)cc4c3oc3ccccc34)ncnc2c1. The van der Waals surface area contributed by atoms with Gasteiger partial charge in [-0.05, 0) is 88.0 Å². The highest BCUT2D eigenvalue weighted by atomic mass is 16.3. The summed E-state index contributed by atoms with van der Waals surface area (Å²) < 4.78 is 13.3. The largest absolute Gasteiger partial charge is 0.455 e. The average Bonchev–Trinajstić information content (AvgIpc) is 3.74. The van der Waals surface area contributed by atoms with Gasteiger partial charge in [0.2, 0.25) is 0 Å². The first-order chi connectivity index (χ1) is 26.5. The Morgan fingerprint density at radius 1 is 0.436 bits per heavy atom. The van der Waals surface area contributed by atoms with Gasteiger partial charge < -0.3 is 8.83 Å². The summed E-state index contributed by atoms with van der Waals surface area (Å²) in [5, 5.41) is 6.27. The Labute approximate surface area is 318 Å². The van der Waals surface area contributed by atoms with E-state index in [4.69, 9.17) is 28.8 Å². The smallest absolute Gasteiger partial charge is 0.144 e. The summed E-state index contributed by atoms with van der Waals surface area (Å²) in [7, 11) is 0. The van der Waals surface area contributed by atoms with Crippen molar-refractivity contribution in [3.8, 4) is 22.5 Å². The maximum atomic E-state index is 6.63. The summed E-state index contributed by atoms with van der Waals surface area (Å²) in [6, 6.07) is 38.6. The molecule has 10 aromatic rings. The summed E-state index contributed by atoms with van der Waals surface area (Å²) in [6.07, 6.45) is 4.01. The highest BCUT2D eigenvalue weighted by Crippen LogP contribution is 2.42. The molecule has 0 aliphatic carbocycles. The zero-order valence-electron chi connectivity index (χ0n) is 31.9. The normalized spacial score (nSPS) is 12.6. The van der Waals surface area contributed by atoms with Crippen molar-refractivity contribution in [1.82, 2.24) is 19.9 Å². The molecule has 0 unspecified atom stereocenters. The van der Waals surface area contributed by atoms with Crippen LogP contribution in [0.4, 0.5) is 0 Å². The Morgan fingerprint density at radius 3 is 1.31 bits per heavy atom. The molecule has 4 heterocycles. The number of furan rings is 2. The number of nitrogens with zero attached hydrogens (tertiary/aromatic N) is 4. The number of para-hydroxylation sites is 2. The van der Waals surface area contributed by atoms with Crippen molar-refractivity contribution >= 4 is 65.7 Å². The van der Waals surface area contributed by atoms with Crippen molar-refractivity contribution in [1.29, 1.82) is 0 Å². The Kier molecular flexibility index (Phi) is 7.27. The first kappa shape index (κ1) is 33.2. The number of rotatable bonds is 4. The minimum absolute atomic E-state index is 0.00107. The average molecular weight is 717 g/mol. The predicted molar refractivity (Wildman–Crippen MR) is 225 cm³/mol. The topological polar surface area (TPSA) is 77.8 Å². The van der Waals surface area contributed by atoms with Crippen LogP contribution in [0.5, 0.6) is 0 Å². The first-order valence-corrected chi connectivity index (χ1v) is 18.9. The molecule has 6 nitrogen and oxygen atoms in total. The maximum Gasteiger partial charge on any atom is 0.144 e.